The van der Waals surface area contributed by atoms with E-state index in [0.717, 1.165) is 0 Å². The van der Waals surface area contributed by atoms with Gasteiger partial charge in [-0.25, -0.2) is 0 Å². The molecule has 1 nitrogen and oxygen atoms in total. The summed E-state index contributed by atoms with van der Waals surface area (Å²) in [6, 6.07) is 6.55. The van der Waals surface area contributed by atoms with Gasteiger partial charge in [0.1, 0.15) is 0 Å². The van der Waals surface area contributed by atoms with Gasteiger partial charge in [-0.3, -0.25) is 0 Å². The van der Waals surface area contributed by atoms with Crippen LogP contribution in [0.3, 0.4) is 0 Å². The van der Waals surface area contributed by atoms with Gasteiger partial charge in [0.05, 0.1) is 5.02 Å². The van der Waals surface area contributed by atoms with Crippen LogP contribution in [0, 0.1) is 11.8 Å². The lowest BCUT2D eigenvalue weighted by Crippen LogP contribution is -2.27. The van der Waals surface area contributed by atoms with Crippen LogP contribution in [0.4, 0.5) is 13.2 Å². The molecule has 0 aliphatic rings. The fraction of sp³-hybridized carbons (Fsp3) is 0.273. The van der Waals surface area contributed by atoms with Crippen molar-refractivity contribution in [3.63, 3.8) is 0 Å². The van der Waals surface area contributed by atoms with Crippen molar-refractivity contribution in [3.05, 3.63) is 34.9 Å². The molecule has 1 aromatic carbocycles. The average molecular weight is 249 g/mol. The SMILES string of the molecule is OC(CC#Cc1ccccc1Cl)C(F)(F)F. The lowest BCUT2D eigenvalue weighted by molar-refractivity contribution is -0.201. The Balaban J connectivity index is 2.67. The predicted molar refractivity (Wildman–Crippen MR) is 55.0 cm³/mol. The van der Waals surface area contributed by atoms with Crippen LogP contribution in [-0.2, 0) is 0 Å². The molecule has 0 aliphatic heterocycles. The fourth-order valence-corrected chi connectivity index (χ4v) is 1.10. The molecule has 0 bridgehead atoms. The summed E-state index contributed by atoms with van der Waals surface area (Å²) in [5.74, 6) is 4.72. The molecule has 0 saturated carbocycles. The third kappa shape index (κ3) is 3.76. The van der Waals surface area contributed by atoms with Crippen LogP contribution >= 0.6 is 11.6 Å². The smallest absolute Gasteiger partial charge is 0.383 e. The van der Waals surface area contributed by atoms with E-state index in [0.29, 0.717) is 10.6 Å². The molecule has 1 atom stereocenters. The Bertz CT molecular complexity index is 417. The molecule has 1 unspecified atom stereocenters. The lowest BCUT2D eigenvalue weighted by Gasteiger charge is -2.10. The molecule has 0 saturated heterocycles. The second-order valence-corrected chi connectivity index (χ2v) is 3.45. The van der Waals surface area contributed by atoms with E-state index in [2.05, 4.69) is 11.8 Å². The summed E-state index contributed by atoms with van der Waals surface area (Å²) in [5.41, 5.74) is 0.443. The molecule has 0 heterocycles. The highest BCUT2D eigenvalue weighted by atomic mass is 35.5. The van der Waals surface area contributed by atoms with Gasteiger partial charge in [-0.2, -0.15) is 13.2 Å². The Morgan fingerprint density at radius 3 is 2.50 bits per heavy atom. The minimum absolute atomic E-state index is 0.372. The quantitative estimate of drug-likeness (QED) is 0.758. The number of hydrogen-bond acceptors (Lipinski definition) is 1. The van der Waals surface area contributed by atoms with E-state index in [-0.39, 0.29) is 0 Å². The maximum absolute atomic E-state index is 11.9. The van der Waals surface area contributed by atoms with Crippen molar-refractivity contribution in [2.45, 2.75) is 18.7 Å². The van der Waals surface area contributed by atoms with Gasteiger partial charge < -0.3 is 5.11 Å². The molecule has 0 aromatic heterocycles. The first-order valence-corrected chi connectivity index (χ1v) is 4.77. The number of aliphatic hydroxyl groups is 1. The highest BCUT2D eigenvalue weighted by Crippen LogP contribution is 2.21. The van der Waals surface area contributed by atoms with E-state index < -0.39 is 18.7 Å². The highest BCUT2D eigenvalue weighted by molar-refractivity contribution is 6.31. The van der Waals surface area contributed by atoms with Crippen LogP contribution in [0.5, 0.6) is 0 Å². The van der Waals surface area contributed by atoms with Crippen LogP contribution in [0.15, 0.2) is 24.3 Å². The van der Waals surface area contributed by atoms with Crippen molar-refractivity contribution in [1.82, 2.24) is 0 Å². The molecular weight excluding hydrogens is 241 g/mol. The van der Waals surface area contributed by atoms with Gasteiger partial charge in [0.2, 0.25) is 0 Å². The molecular formula is C11H8ClF3O. The van der Waals surface area contributed by atoms with Crippen LogP contribution in [-0.4, -0.2) is 17.4 Å². The van der Waals surface area contributed by atoms with Gasteiger partial charge in [0.15, 0.2) is 6.10 Å². The second-order valence-electron chi connectivity index (χ2n) is 3.04. The van der Waals surface area contributed by atoms with E-state index in [1.807, 2.05) is 0 Å². The van der Waals surface area contributed by atoms with Crippen LogP contribution < -0.4 is 0 Å². The number of aliphatic hydroxyl groups excluding tert-OH is 1. The number of benzene rings is 1. The first-order valence-electron chi connectivity index (χ1n) is 4.39. The van der Waals surface area contributed by atoms with E-state index in [1.54, 1.807) is 24.3 Å². The molecule has 5 heteroatoms. The maximum atomic E-state index is 11.9. The van der Waals surface area contributed by atoms with Gasteiger partial charge in [-0.05, 0) is 12.1 Å². The van der Waals surface area contributed by atoms with Crippen molar-refractivity contribution in [2.75, 3.05) is 0 Å². The number of alkyl halides is 3. The van der Waals surface area contributed by atoms with Crippen molar-refractivity contribution >= 4 is 11.6 Å². The summed E-state index contributed by atoms with van der Waals surface area (Å²) in [5, 5.41) is 9.04. The van der Waals surface area contributed by atoms with Gasteiger partial charge in [-0.15, -0.1) is 0 Å². The Labute approximate surface area is 95.8 Å². The Morgan fingerprint density at radius 1 is 1.31 bits per heavy atom. The molecule has 0 aliphatic carbocycles. The summed E-state index contributed by atoms with van der Waals surface area (Å²) >= 11 is 5.74. The van der Waals surface area contributed by atoms with Crippen LogP contribution in [0.2, 0.25) is 5.02 Å². The molecule has 16 heavy (non-hydrogen) atoms. The van der Waals surface area contributed by atoms with Gasteiger partial charge in [-0.1, -0.05) is 35.6 Å². The monoisotopic (exact) mass is 248 g/mol. The van der Waals surface area contributed by atoms with Gasteiger partial charge in [0.25, 0.3) is 0 Å². The summed E-state index contributed by atoms with van der Waals surface area (Å²) in [6.45, 7) is 0. The lowest BCUT2D eigenvalue weighted by atomic mass is 10.2. The van der Waals surface area contributed by atoms with Gasteiger partial charge in [0, 0.05) is 12.0 Å². The Morgan fingerprint density at radius 2 is 1.94 bits per heavy atom. The zero-order chi connectivity index (χ0) is 12.2. The minimum Gasteiger partial charge on any atom is -0.383 e. The van der Waals surface area contributed by atoms with E-state index in [1.165, 1.54) is 0 Å². The largest absolute Gasteiger partial charge is 0.415 e. The molecule has 0 radical (unpaired) electrons. The molecule has 86 valence electrons. The third-order valence-electron chi connectivity index (χ3n) is 1.77. The van der Waals surface area contributed by atoms with Crippen molar-refractivity contribution in [1.29, 1.82) is 0 Å². The summed E-state index contributed by atoms with van der Waals surface area (Å²) < 4.78 is 35.7. The molecule has 0 fully saturated rings. The first kappa shape index (κ1) is 12.9. The topological polar surface area (TPSA) is 20.2 Å². The van der Waals surface area contributed by atoms with Crippen LogP contribution in [0.25, 0.3) is 0 Å². The maximum Gasteiger partial charge on any atom is 0.415 e. The molecule has 1 rings (SSSR count). The highest BCUT2D eigenvalue weighted by Gasteiger charge is 2.37. The second kappa shape index (κ2) is 5.24. The standard InChI is InChI=1S/C11H8ClF3O/c12-9-6-2-1-4-8(9)5-3-7-10(16)11(13,14)15/h1-2,4,6,10,16H,7H2. The Kier molecular flexibility index (Phi) is 4.22. The molecule has 0 spiro atoms. The molecule has 0 amide bonds. The number of hydrogen-bond donors (Lipinski definition) is 1. The average Bonchev–Trinajstić information content (AvgIpc) is 2.19. The summed E-state index contributed by atoms with van der Waals surface area (Å²) in [7, 11) is 0. The van der Waals surface area contributed by atoms with Gasteiger partial charge >= 0.3 is 6.18 Å². The zero-order valence-electron chi connectivity index (χ0n) is 8.05. The van der Waals surface area contributed by atoms with Crippen molar-refractivity contribution in [3.8, 4) is 11.8 Å². The number of halogens is 4. The Hall–Kier alpha value is -1.18. The first-order chi connectivity index (χ1) is 7.41. The fourth-order valence-electron chi connectivity index (χ4n) is 0.921. The van der Waals surface area contributed by atoms with Crippen LogP contribution in [0.1, 0.15) is 12.0 Å². The number of rotatable bonds is 1. The van der Waals surface area contributed by atoms with E-state index >= 15 is 0 Å². The van der Waals surface area contributed by atoms with E-state index in [4.69, 9.17) is 16.7 Å². The summed E-state index contributed by atoms with van der Waals surface area (Å²) in [6.07, 6.45) is -7.70. The minimum atomic E-state index is -4.63. The zero-order valence-corrected chi connectivity index (χ0v) is 8.81. The van der Waals surface area contributed by atoms with E-state index in [9.17, 15) is 13.2 Å². The van der Waals surface area contributed by atoms with Crippen molar-refractivity contribution < 1.29 is 18.3 Å². The molecule has 1 aromatic rings. The van der Waals surface area contributed by atoms with Crippen molar-refractivity contribution in [2.24, 2.45) is 0 Å². The molecule has 1 N–H and O–H groups in total. The normalized spacial score (nSPS) is 12.8. The third-order valence-corrected chi connectivity index (χ3v) is 2.10. The summed E-state index contributed by atoms with van der Waals surface area (Å²) in [4.78, 5) is 0. The predicted octanol–water partition coefficient (Wildman–Crippen LogP) is 3.00.